The zero-order valence-corrected chi connectivity index (χ0v) is 30.1. The van der Waals surface area contributed by atoms with Gasteiger partial charge in [0.05, 0.1) is 12.6 Å². The molecule has 0 bridgehead atoms. The average Bonchev–Trinajstić information content (AvgIpc) is 3.84. The summed E-state index contributed by atoms with van der Waals surface area (Å²) in [5.41, 5.74) is -1.92. The van der Waals surface area contributed by atoms with Crippen LogP contribution in [0.25, 0.3) is 0 Å². The van der Waals surface area contributed by atoms with Gasteiger partial charge in [-0.1, -0.05) is 61.5 Å². The van der Waals surface area contributed by atoms with Crippen molar-refractivity contribution in [1.29, 1.82) is 0 Å². The van der Waals surface area contributed by atoms with Gasteiger partial charge in [0.25, 0.3) is 0 Å². The number of carbonyl (C=O) groups excluding carboxylic acids is 6. The summed E-state index contributed by atoms with van der Waals surface area (Å²) >= 11 is 0. The Balaban J connectivity index is 1.83. The highest BCUT2D eigenvalue weighted by molar-refractivity contribution is 6.38. The van der Waals surface area contributed by atoms with E-state index in [4.69, 9.17) is 4.74 Å². The summed E-state index contributed by atoms with van der Waals surface area (Å²) in [4.78, 5) is 81.6. The summed E-state index contributed by atoms with van der Waals surface area (Å²) in [5.74, 6) is -5.18. The Morgan fingerprint density at radius 3 is 2.04 bits per heavy atom. The first-order chi connectivity index (χ1) is 22.4. The molecule has 13 heteroatoms. The number of nitrogens with one attached hydrogen (secondary N) is 2. The molecule has 0 radical (unpaired) electrons. The summed E-state index contributed by atoms with van der Waals surface area (Å²) in [7, 11) is 0. The highest BCUT2D eigenvalue weighted by Crippen LogP contribution is 2.65. The van der Waals surface area contributed by atoms with E-state index in [1.54, 1.807) is 41.5 Å². The van der Waals surface area contributed by atoms with Crippen molar-refractivity contribution in [3.05, 3.63) is 12.7 Å². The number of rotatable bonds is 16. The van der Waals surface area contributed by atoms with Crippen LogP contribution in [0.1, 0.15) is 100 Å². The Morgan fingerprint density at radius 2 is 1.53 bits per heavy atom. The number of esters is 1. The second kappa shape index (κ2) is 14.9. The number of ketones is 3. The van der Waals surface area contributed by atoms with Crippen molar-refractivity contribution < 1.29 is 46.7 Å². The highest BCUT2D eigenvalue weighted by atomic mass is 19.4. The standard InChI is InChI=1S/C36H54F3N3O7/c1-10-11-12-23(43)27(45)21(15-16-36(37,38)39)17-24(44)26-25-22(35(25,8)9)18-42(26)30(46)28(33(2,3)4)40-32(48)41-29(34(5,6)7)31(47)49-19-20-13-14-20/h10,20-22,25-26,28-29H,1,11-19H2,2-9H3,(H2,40,41,48)/t21?,22-,25-,26+,28+,29+/m0/s1. The number of likely N-dealkylation sites (tertiary alicyclic amines) is 1. The molecule has 3 fully saturated rings. The number of ether oxygens (including phenoxy) is 1. The zero-order chi connectivity index (χ0) is 37.3. The summed E-state index contributed by atoms with van der Waals surface area (Å²) in [6, 6.07) is -4.00. The number of nitrogens with zero attached hydrogens (tertiary/aromatic N) is 1. The number of urea groups is 1. The lowest BCUT2D eigenvalue weighted by molar-refractivity contribution is -0.149. The van der Waals surface area contributed by atoms with E-state index in [9.17, 15) is 41.9 Å². The normalized spacial score (nSPS) is 23.4. The maximum Gasteiger partial charge on any atom is 0.389 e. The number of fused-ring (bicyclic) bond motifs is 1. The van der Waals surface area contributed by atoms with Crippen molar-refractivity contribution in [2.45, 2.75) is 125 Å². The van der Waals surface area contributed by atoms with Gasteiger partial charge in [0.2, 0.25) is 11.7 Å². The van der Waals surface area contributed by atoms with Crippen LogP contribution in [0.15, 0.2) is 12.7 Å². The zero-order valence-electron chi connectivity index (χ0n) is 30.1. The number of amides is 3. The molecule has 1 heterocycles. The van der Waals surface area contributed by atoms with Gasteiger partial charge in [-0.3, -0.25) is 19.2 Å². The topological polar surface area (TPSA) is 139 Å². The second-order valence-electron chi connectivity index (χ2n) is 16.8. The Hall–Kier alpha value is -3.25. The molecular formula is C36H54F3N3O7. The summed E-state index contributed by atoms with van der Waals surface area (Å²) in [6.45, 7) is 18.4. The molecule has 276 valence electrons. The van der Waals surface area contributed by atoms with Crippen molar-refractivity contribution in [1.82, 2.24) is 15.5 Å². The molecule has 2 saturated carbocycles. The number of halogens is 3. The van der Waals surface area contributed by atoms with Crippen molar-refractivity contribution in [3.8, 4) is 0 Å². The Kier molecular flexibility index (Phi) is 12.2. The fourth-order valence-electron chi connectivity index (χ4n) is 6.81. The number of alkyl halides is 3. The lowest BCUT2D eigenvalue weighted by Crippen LogP contribution is -2.61. The number of carbonyl (C=O) groups is 6. The van der Waals surface area contributed by atoms with E-state index in [1.165, 1.54) is 11.0 Å². The van der Waals surface area contributed by atoms with Crippen LogP contribution in [0.3, 0.4) is 0 Å². The minimum atomic E-state index is -4.60. The molecule has 3 rings (SSSR count). The van der Waals surface area contributed by atoms with E-state index >= 15 is 0 Å². The number of hydrogen-bond acceptors (Lipinski definition) is 7. The number of Topliss-reactive ketones (excluding diaryl/α,β-unsaturated/α-hetero) is 3. The van der Waals surface area contributed by atoms with Crippen molar-refractivity contribution >= 4 is 35.3 Å². The van der Waals surface area contributed by atoms with Crippen LogP contribution in [0.2, 0.25) is 0 Å². The van der Waals surface area contributed by atoms with Crippen molar-refractivity contribution in [3.63, 3.8) is 0 Å². The van der Waals surface area contributed by atoms with Gasteiger partial charge in [-0.15, -0.1) is 6.58 Å². The van der Waals surface area contributed by atoms with Gasteiger partial charge in [0.15, 0.2) is 11.6 Å². The van der Waals surface area contributed by atoms with Gasteiger partial charge in [0, 0.05) is 31.7 Å². The fourth-order valence-corrected chi connectivity index (χ4v) is 6.81. The largest absolute Gasteiger partial charge is 0.464 e. The summed E-state index contributed by atoms with van der Waals surface area (Å²) in [5, 5.41) is 5.39. The number of hydrogen-bond donors (Lipinski definition) is 2. The van der Waals surface area contributed by atoms with E-state index in [1.807, 2.05) is 13.8 Å². The first kappa shape index (κ1) is 40.2. The van der Waals surface area contributed by atoms with Crippen LogP contribution < -0.4 is 10.6 Å². The molecule has 2 N–H and O–H groups in total. The van der Waals surface area contributed by atoms with Gasteiger partial charge in [-0.25, -0.2) is 9.59 Å². The molecule has 0 aromatic rings. The van der Waals surface area contributed by atoms with Crippen molar-refractivity contribution in [2.24, 2.45) is 39.9 Å². The Morgan fingerprint density at radius 1 is 0.959 bits per heavy atom. The maximum atomic E-state index is 14.3. The third-order valence-electron chi connectivity index (χ3n) is 10.2. The van der Waals surface area contributed by atoms with E-state index in [0.717, 1.165) is 12.8 Å². The third kappa shape index (κ3) is 10.4. The van der Waals surface area contributed by atoms with Crippen LogP contribution in [0.4, 0.5) is 18.0 Å². The second-order valence-corrected chi connectivity index (χ2v) is 16.8. The fraction of sp³-hybridized carbons (Fsp3) is 0.778. The lowest BCUT2D eigenvalue weighted by Gasteiger charge is -2.38. The molecule has 0 spiro atoms. The predicted molar refractivity (Wildman–Crippen MR) is 176 cm³/mol. The summed E-state index contributed by atoms with van der Waals surface area (Å²) in [6.07, 6.45) is -3.96. The molecular weight excluding hydrogens is 643 g/mol. The van der Waals surface area contributed by atoms with Gasteiger partial charge in [-0.05, 0) is 59.7 Å². The molecule has 2 aliphatic carbocycles. The van der Waals surface area contributed by atoms with Crippen molar-refractivity contribution in [2.75, 3.05) is 13.2 Å². The van der Waals surface area contributed by atoms with Gasteiger partial charge >= 0.3 is 18.2 Å². The molecule has 6 atom stereocenters. The molecule has 10 nitrogen and oxygen atoms in total. The first-order valence-electron chi connectivity index (χ1n) is 17.2. The Bertz CT molecular complexity index is 1310. The van der Waals surface area contributed by atoms with Crippen LogP contribution >= 0.6 is 0 Å². The molecule has 1 aliphatic heterocycles. The van der Waals surface area contributed by atoms with Crippen LogP contribution in [0.5, 0.6) is 0 Å². The molecule has 49 heavy (non-hydrogen) atoms. The summed E-state index contributed by atoms with van der Waals surface area (Å²) < 4.78 is 45.1. The number of allylic oxidation sites excluding steroid dienone is 1. The molecule has 1 saturated heterocycles. The van der Waals surface area contributed by atoms with E-state index in [2.05, 4.69) is 17.2 Å². The van der Waals surface area contributed by atoms with Crippen LogP contribution in [0, 0.1) is 39.9 Å². The highest BCUT2D eigenvalue weighted by Gasteiger charge is 2.69. The third-order valence-corrected chi connectivity index (χ3v) is 10.2. The van der Waals surface area contributed by atoms with E-state index in [-0.39, 0.29) is 43.2 Å². The minimum Gasteiger partial charge on any atom is -0.464 e. The lowest BCUT2D eigenvalue weighted by atomic mass is 9.83. The molecule has 3 aliphatic rings. The molecule has 0 aromatic heterocycles. The van der Waals surface area contributed by atoms with Crippen LogP contribution in [-0.2, 0) is 28.7 Å². The maximum absolute atomic E-state index is 14.3. The molecule has 0 aromatic carbocycles. The Labute approximate surface area is 287 Å². The van der Waals surface area contributed by atoms with Gasteiger partial charge in [0.1, 0.15) is 12.1 Å². The molecule has 1 unspecified atom stereocenters. The smallest absolute Gasteiger partial charge is 0.389 e. The van der Waals surface area contributed by atoms with Crippen LogP contribution in [-0.4, -0.2) is 77.6 Å². The van der Waals surface area contributed by atoms with Gasteiger partial charge in [-0.2, -0.15) is 13.2 Å². The van der Waals surface area contributed by atoms with E-state index < -0.39 is 95.6 Å². The first-order valence-corrected chi connectivity index (χ1v) is 17.2. The molecule has 3 amide bonds. The van der Waals surface area contributed by atoms with E-state index in [0.29, 0.717) is 5.92 Å². The minimum absolute atomic E-state index is 0.0788. The quantitative estimate of drug-likeness (QED) is 0.122. The number of piperidine rings is 1. The monoisotopic (exact) mass is 697 g/mol. The predicted octanol–water partition coefficient (Wildman–Crippen LogP) is 5.57. The van der Waals surface area contributed by atoms with Gasteiger partial charge < -0.3 is 20.3 Å². The average molecular weight is 698 g/mol. The SMILES string of the molecule is C=CCCC(=O)C(=O)C(CCC(F)(F)F)CC(=O)[C@@H]1[C@@H]2[C@H](CN1C(=O)[C@@H](NC(=O)N[C@H](C(=O)OCC1CC1)C(C)(C)C)C(C)(C)C)C2(C)C.